The molecule has 1 unspecified atom stereocenters. The van der Waals surface area contributed by atoms with E-state index in [1.54, 1.807) is 0 Å². The minimum Gasteiger partial charge on any atom is -0.465 e. The Hall–Kier alpha value is -0.800. The molecular formula is C11H17NO2. The summed E-state index contributed by atoms with van der Waals surface area (Å²) in [4.78, 5) is 0. The number of ether oxygens (including phenoxy) is 1. The molecule has 0 saturated carbocycles. The largest absolute Gasteiger partial charge is 0.465 e. The Morgan fingerprint density at radius 3 is 3.07 bits per heavy atom. The van der Waals surface area contributed by atoms with Crippen LogP contribution < -0.4 is 5.32 Å². The summed E-state index contributed by atoms with van der Waals surface area (Å²) in [5.74, 6) is 1.98. The third-order valence-electron chi connectivity index (χ3n) is 2.52. The zero-order valence-electron chi connectivity index (χ0n) is 8.58. The standard InChI is InChI=1S/C11H17NO2/c1-9-4-5-11(14-9)7-12-10-3-2-6-13-8-10/h4-5,10,12H,2-3,6-8H2,1H3. The van der Waals surface area contributed by atoms with Crippen LogP contribution in [0.1, 0.15) is 24.4 Å². The number of nitrogens with one attached hydrogen (secondary N) is 1. The quantitative estimate of drug-likeness (QED) is 0.799. The second-order valence-electron chi connectivity index (χ2n) is 3.81. The average Bonchev–Trinajstić information content (AvgIpc) is 2.63. The maximum Gasteiger partial charge on any atom is 0.117 e. The van der Waals surface area contributed by atoms with Crippen LogP contribution in [0.2, 0.25) is 0 Å². The van der Waals surface area contributed by atoms with Crippen LogP contribution in [0.3, 0.4) is 0 Å². The van der Waals surface area contributed by atoms with Crippen molar-refractivity contribution in [1.82, 2.24) is 5.32 Å². The Bertz CT molecular complexity index is 277. The van der Waals surface area contributed by atoms with Gasteiger partial charge >= 0.3 is 0 Å². The van der Waals surface area contributed by atoms with E-state index in [0.717, 1.165) is 37.7 Å². The first-order valence-electron chi connectivity index (χ1n) is 5.21. The fourth-order valence-electron chi connectivity index (χ4n) is 1.73. The first-order chi connectivity index (χ1) is 6.84. The number of rotatable bonds is 3. The minimum absolute atomic E-state index is 0.495. The highest BCUT2D eigenvalue weighted by Gasteiger charge is 2.13. The summed E-state index contributed by atoms with van der Waals surface area (Å²) < 4.78 is 10.9. The summed E-state index contributed by atoms with van der Waals surface area (Å²) >= 11 is 0. The highest BCUT2D eigenvalue weighted by molar-refractivity contribution is 5.05. The number of aryl methyl sites for hydroxylation is 1. The lowest BCUT2D eigenvalue weighted by molar-refractivity contribution is 0.0693. The molecular weight excluding hydrogens is 178 g/mol. The third-order valence-corrected chi connectivity index (χ3v) is 2.52. The first-order valence-corrected chi connectivity index (χ1v) is 5.21. The monoisotopic (exact) mass is 195 g/mol. The van der Waals surface area contributed by atoms with Crippen LogP contribution in [0.4, 0.5) is 0 Å². The Morgan fingerprint density at radius 1 is 1.50 bits per heavy atom. The van der Waals surface area contributed by atoms with E-state index in [0.29, 0.717) is 6.04 Å². The Balaban J connectivity index is 1.76. The van der Waals surface area contributed by atoms with Crippen LogP contribution >= 0.6 is 0 Å². The zero-order valence-corrected chi connectivity index (χ0v) is 8.58. The summed E-state index contributed by atoms with van der Waals surface area (Å²) in [6.07, 6.45) is 2.37. The van der Waals surface area contributed by atoms with E-state index in [1.807, 2.05) is 19.1 Å². The molecule has 0 amide bonds. The van der Waals surface area contributed by atoms with Gasteiger partial charge in [-0.1, -0.05) is 0 Å². The van der Waals surface area contributed by atoms with Crippen molar-refractivity contribution in [3.05, 3.63) is 23.7 Å². The summed E-state index contributed by atoms with van der Waals surface area (Å²) in [5.41, 5.74) is 0. The molecule has 1 saturated heterocycles. The van der Waals surface area contributed by atoms with Crippen molar-refractivity contribution in [1.29, 1.82) is 0 Å². The predicted octanol–water partition coefficient (Wildman–Crippen LogP) is 1.86. The van der Waals surface area contributed by atoms with Gasteiger partial charge < -0.3 is 14.5 Å². The maximum atomic E-state index is 5.47. The lowest BCUT2D eigenvalue weighted by Gasteiger charge is -2.22. The van der Waals surface area contributed by atoms with Gasteiger partial charge in [0.2, 0.25) is 0 Å². The van der Waals surface area contributed by atoms with Crippen molar-refractivity contribution >= 4 is 0 Å². The molecule has 0 bridgehead atoms. The molecule has 1 aromatic heterocycles. The van der Waals surface area contributed by atoms with Gasteiger partial charge in [0.25, 0.3) is 0 Å². The third kappa shape index (κ3) is 2.59. The second kappa shape index (κ2) is 4.62. The molecule has 1 aromatic rings. The van der Waals surface area contributed by atoms with E-state index >= 15 is 0 Å². The fraction of sp³-hybridized carbons (Fsp3) is 0.636. The van der Waals surface area contributed by atoms with Gasteiger partial charge in [-0.15, -0.1) is 0 Å². The SMILES string of the molecule is Cc1ccc(CNC2CCCOC2)o1. The van der Waals surface area contributed by atoms with E-state index < -0.39 is 0 Å². The molecule has 0 aliphatic carbocycles. The molecule has 3 heteroatoms. The van der Waals surface area contributed by atoms with Crippen LogP contribution in [0, 0.1) is 6.92 Å². The molecule has 2 heterocycles. The van der Waals surface area contributed by atoms with Gasteiger partial charge in [-0.05, 0) is 31.9 Å². The molecule has 1 aliphatic rings. The summed E-state index contributed by atoms with van der Waals surface area (Å²) in [6, 6.07) is 4.51. The normalized spacial score (nSPS) is 22.5. The second-order valence-corrected chi connectivity index (χ2v) is 3.81. The van der Waals surface area contributed by atoms with Gasteiger partial charge in [0, 0.05) is 12.6 Å². The molecule has 1 N–H and O–H groups in total. The van der Waals surface area contributed by atoms with E-state index in [2.05, 4.69) is 5.32 Å². The van der Waals surface area contributed by atoms with Gasteiger partial charge in [-0.25, -0.2) is 0 Å². The van der Waals surface area contributed by atoms with Crippen molar-refractivity contribution in [2.75, 3.05) is 13.2 Å². The van der Waals surface area contributed by atoms with Crippen molar-refractivity contribution in [3.63, 3.8) is 0 Å². The predicted molar refractivity (Wildman–Crippen MR) is 54.1 cm³/mol. The average molecular weight is 195 g/mol. The summed E-state index contributed by atoms with van der Waals surface area (Å²) in [7, 11) is 0. The highest BCUT2D eigenvalue weighted by atomic mass is 16.5. The Morgan fingerprint density at radius 2 is 2.43 bits per heavy atom. The van der Waals surface area contributed by atoms with Crippen LogP contribution in [0.15, 0.2) is 16.5 Å². The van der Waals surface area contributed by atoms with Gasteiger partial charge in [0.1, 0.15) is 11.5 Å². The molecule has 0 radical (unpaired) electrons. The topological polar surface area (TPSA) is 34.4 Å². The molecule has 0 aromatic carbocycles. The summed E-state index contributed by atoms with van der Waals surface area (Å²) in [5, 5.41) is 3.43. The maximum absolute atomic E-state index is 5.47. The summed E-state index contributed by atoms with van der Waals surface area (Å²) in [6.45, 7) is 4.52. The zero-order chi connectivity index (χ0) is 9.80. The van der Waals surface area contributed by atoms with Crippen LogP contribution in [0.5, 0.6) is 0 Å². The number of hydrogen-bond donors (Lipinski definition) is 1. The first kappa shape index (κ1) is 9.74. The van der Waals surface area contributed by atoms with Crippen molar-refractivity contribution in [3.8, 4) is 0 Å². The number of hydrogen-bond acceptors (Lipinski definition) is 3. The smallest absolute Gasteiger partial charge is 0.117 e. The van der Waals surface area contributed by atoms with E-state index in [-0.39, 0.29) is 0 Å². The molecule has 1 fully saturated rings. The van der Waals surface area contributed by atoms with E-state index in [9.17, 15) is 0 Å². The lowest BCUT2D eigenvalue weighted by atomic mass is 10.1. The minimum atomic E-state index is 0.495. The fourth-order valence-corrected chi connectivity index (χ4v) is 1.73. The number of furan rings is 1. The Kier molecular flexibility index (Phi) is 3.22. The van der Waals surface area contributed by atoms with Crippen LogP contribution in [-0.2, 0) is 11.3 Å². The van der Waals surface area contributed by atoms with Gasteiger partial charge in [0.15, 0.2) is 0 Å². The van der Waals surface area contributed by atoms with Gasteiger partial charge in [-0.3, -0.25) is 0 Å². The molecule has 2 rings (SSSR count). The van der Waals surface area contributed by atoms with Crippen molar-refractivity contribution < 1.29 is 9.15 Å². The molecule has 1 aliphatic heterocycles. The van der Waals surface area contributed by atoms with Crippen molar-refractivity contribution in [2.45, 2.75) is 32.4 Å². The molecule has 0 spiro atoms. The van der Waals surface area contributed by atoms with E-state index in [1.165, 1.54) is 6.42 Å². The van der Waals surface area contributed by atoms with E-state index in [4.69, 9.17) is 9.15 Å². The highest BCUT2D eigenvalue weighted by Crippen LogP contribution is 2.09. The molecule has 78 valence electrons. The van der Waals surface area contributed by atoms with Gasteiger partial charge in [-0.2, -0.15) is 0 Å². The molecule has 1 atom stereocenters. The molecule has 3 nitrogen and oxygen atoms in total. The van der Waals surface area contributed by atoms with Crippen LogP contribution in [0.25, 0.3) is 0 Å². The van der Waals surface area contributed by atoms with Crippen LogP contribution in [-0.4, -0.2) is 19.3 Å². The van der Waals surface area contributed by atoms with Crippen molar-refractivity contribution in [2.24, 2.45) is 0 Å². The lowest BCUT2D eigenvalue weighted by Crippen LogP contribution is -2.36. The molecule has 14 heavy (non-hydrogen) atoms. The Labute approximate surface area is 84.4 Å². The van der Waals surface area contributed by atoms with Gasteiger partial charge in [0.05, 0.1) is 13.2 Å².